The number of fused-ring (bicyclic) bond motifs is 1. The minimum atomic E-state index is -0.304. The molecule has 2 heterocycles. The summed E-state index contributed by atoms with van der Waals surface area (Å²) in [5, 5.41) is 3.06. The predicted octanol–water partition coefficient (Wildman–Crippen LogP) is 0.706. The highest BCUT2D eigenvalue weighted by molar-refractivity contribution is 5.88. The van der Waals surface area contributed by atoms with Gasteiger partial charge in [0.05, 0.1) is 6.61 Å². The number of nitrogens with one attached hydrogen (secondary N) is 1. The molecule has 0 aromatic carbocycles. The summed E-state index contributed by atoms with van der Waals surface area (Å²) in [5.74, 6) is 0.369. The van der Waals surface area contributed by atoms with Gasteiger partial charge in [0.15, 0.2) is 0 Å². The summed E-state index contributed by atoms with van der Waals surface area (Å²) in [4.78, 5) is 25.1. The van der Waals surface area contributed by atoms with Crippen LogP contribution < -0.4 is 5.32 Å². The van der Waals surface area contributed by atoms with E-state index in [1.807, 2.05) is 0 Å². The maximum absolute atomic E-state index is 11.5. The summed E-state index contributed by atoms with van der Waals surface area (Å²) in [5.41, 5.74) is 0.514. The van der Waals surface area contributed by atoms with E-state index in [9.17, 15) is 9.59 Å². The molecule has 1 amide bonds. The lowest BCUT2D eigenvalue weighted by Crippen LogP contribution is -2.54. The van der Waals surface area contributed by atoms with Crippen LogP contribution in [0.4, 0.5) is 0 Å². The van der Waals surface area contributed by atoms with Crippen LogP contribution in [-0.4, -0.2) is 49.1 Å². The minimum Gasteiger partial charge on any atom is -0.463 e. The Bertz CT molecular complexity index is 381. The van der Waals surface area contributed by atoms with Gasteiger partial charge >= 0.3 is 5.97 Å². The molecule has 5 nitrogen and oxygen atoms in total. The normalized spacial score (nSPS) is 27.3. The molecule has 2 aliphatic rings. The van der Waals surface area contributed by atoms with Crippen LogP contribution in [-0.2, 0) is 14.3 Å². The molecule has 0 spiro atoms. The third-order valence-electron chi connectivity index (χ3n) is 3.89. The van der Waals surface area contributed by atoms with Gasteiger partial charge < -0.3 is 10.1 Å². The number of hydrogen-bond acceptors (Lipinski definition) is 4. The van der Waals surface area contributed by atoms with Crippen LogP contribution >= 0.6 is 0 Å². The second-order valence-electron chi connectivity index (χ2n) is 5.32. The fraction of sp³-hybridized carbons (Fsp3) is 0.714. The first-order valence-electron chi connectivity index (χ1n) is 6.96. The zero-order valence-corrected chi connectivity index (χ0v) is 11.5. The lowest BCUT2D eigenvalue weighted by molar-refractivity contribution is -0.138. The topological polar surface area (TPSA) is 58.6 Å². The van der Waals surface area contributed by atoms with Gasteiger partial charge in [-0.2, -0.15) is 0 Å². The van der Waals surface area contributed by atoms with E-state index >= 15 is 0 Å². The third-order valence-corrected chi connectivity index (χ3v) is 3.89. The molecule has 1 N–H and O–H groups in total. The number of amides is 1. The Kier molecular flexibility index (Phi) is 4.58. The van der Waals surface area contributed by atoms with E-state index in [2.05, 4.69) is 16.8 Å². The highest BCUT2D eigenvalue weighted by Crippen LogP contribution is 2.25. The number of likely N-dealkylation sites (tertiary alicyclic amines) is 1. The largest absolute Gasteiger partial charge is 0.463 e. The number of nitrogens with zero attached hydrogens (tertiary/aromatic N) is 1. The van der Waals surface area contributed by atoms with Crippen LogP contribution in [0.5, 0.6) is 0 Å². The second kappa shape index (κ2) is 6.19. The molecule has 2 fully saturated rings. The van der Waals surface area contributed by atoms with Crippen molar-refractivity contribution in [2.24, 2.45) is 5.92 Å². The SMILES string of the molecule is C=C(CN1CCC2NC(=O)CCC2C1)C(=O)OCC. The van der Waals surface area contributed by atoms with E-state index in [4.69, 9.17) is 4.74 Å². The van der Waals surface area contributed by atoms with Crippen LogP contribution in [0.3, 0.4) is 0 Å². The fourth-order valence-corrected chi connectivity index (χ4v) is 2.90. The standard InChI is InChI=1S/C14H22N2O3/c1-3-19-14(18)10(2)8-16-7-6-12-11(9-16)4-5-13(17)15-12/h11-12H,2-9H2,1H3,(H,15,17). The molecule has 0 aliphatic carbocycles. The van der Waals surface area contributed by atoms with Gasteiger partial charge in [-0.25, -0.2) is 4.79 Å². The zero-order valence-electron chi connectivity index (χ0n) is 11.5. The monoisotopic (exact) mass is 266 g/mol. The molecule has 19 heavy (non-hydrogen) atoms. The molecule has 0 saturated carbocycles. The highest BCUT2D eigenvalue weighted by atomic mass is 16.5. The molecule has 2 aliphatic heterocycles. The Hall–Kier alpha value is -1.36. The molecule has 5 heteroatoms. The Morgan fingerprint density at radius 3 is 3.05 bits per heavy atom. The zero-order chi connectivity index (χ0) is 13.8. The van der Waals surface area contributed by atoms with E-state index in [0.29, 0.717) is 37.1 Å². The average molecular weight is 266 g/mol. The van der Waals surface area contributed by atoms with Crippen molar-refractivity contribution in [1.82, 2.24) is 10.2 Å². The Morgan fingerprint density at radius 2 is 2.32 bits per heavy atom. The molecule has 0 aromatic rings. The van der Waals surface area contributed by atoms with E-state index in [1.54, 1.807) is 6.92 Å². The highest BCUT2D eigenvalue weighted by Gasteiger charge is 2.33. The minimum absolute atomic E-state index is 0.172. The van der Waals surface area contributed by atoms with Crippen molar-refractivity contribution >= 4 is 11.9 Å². The number of carbonyl (C=O) groups excluding carboxylic acids is 2. The van der Waals surface area contributed by atoms with Crippen molar-refractivity contribution in [1.29, 1.82) is 0 Å². The first-order valence-corrected chi connectivity index (χ1v) is 6.96. The summed E-state index contributed by atoms with van der Waals surface area (Å²) in [6.45, 7) is 8.35. The van der Waals surface area contributed by atoms with Crippen molar-refractivity contribution in [2.45, 2.75) is 32.2 Å². The van der Waals surface area contributed by atoms with Crippen molar-refractivity contribution in [3.63, 3.8) is 0 Å². The maximum Gasteiger partial charge on any atom is 0.334 e. The molecule has 2 rings (SSSR count). The summed E-state index contributed by atoms with van der Waals surface area (Å²) >= 11 is 0. The molecule has 0 bridgehead atoms. The van der Waals surface area contributed by atoms with Crippen LogP contribution in [0.2, 0.25) is 0 Å². The third kappa shape index (κ3) is 3.56. The molecule has 0 aromatic heterocycles. The Labute approximate surface area is 114 Å². The first kappa shape index (κ1) is 14.1. The number of ether oxygens (including phenoxy) is 1. The number of esters is 1. The molecule has 2 unspecified atom stereocenters. The Balaban J connectivity index is 1.82. The van der Waals surface area contributed by atoms with Gasteiger partial charge in [0.2, 0.25) is 5.91 Å². The van der Waals surface area contributed by atoms with Crippen molar-refractivity contribution in [3.05, 3.63) is 12.2 Å². The molecule has 2 atom stereocenters. The second-order valence-corrected chi connectivity index (χ2v) is 5.32. The van der Waals surface area contributed by atoms with Gasteiger partial charge in [0.1, 0.15) is 0 Å². The van der Waals surface area contributed by atoms with Gasteiger partial charge in [0.25, 0.3) is 0 Å². The quantitative estimate of drug-likeness (QED) is 0.601. The van der Waals surface area contributed by atoms with Gasteiger partial charge in [-0.05, 0) is 25.7 Å². The molecular formula is C14H22N2O3. The summed E-state index contributed by atoms with van der Waals surface area (Å²) in [7, 11) is 0. The summed E-state index contributed by atoms with van der Waals surface area (Å²) < 4.78 is 4.94. The molecule has 106 valence electrons. The number of piperidine rings is 2. The van der Waals surface area contributed by atoms with Crippen LogP contribution in [0.15, 0.2) is 12.2 Å². The van der Waals surface area contributed by atoms with Gasteiger partial charge in [-0.3, -0.25) is 9.69 Å². The molecule has 0 radical (unpaired) electrons. The van der Waals surface area contributed by atoms with E-state index in [1.165, 1.54) is 0 Å². The van der Waals surface area contributed by atoms with Crippen LogP contribution in [0.25, 0.3) is 0 Å². The van der Waals surface area contributed by atoms with Crippen LogP contribution in [0.1, 0.15) is 26.2 Å². The molecular weight excluding hydrogens is 244 g/mol. The van der Waals surface area contributed by atoms with Gasteiger partial charge in [-0.15, -0.1) is 0 Å². The lowest BCUT2D eigenvalue weighted by atomic mass is 9.85. The lowest BCUT2D eigenvalue weighted by Gasteiger charge is -2.41. The average Bonchev–Trinajstić information content (AvgIpc) is 2.39. The summed E-state index contributed by atoms with van der Waals surface area (Å²) in [6, 6.07) is 0.313. The predicted molar refractivity (Wildman–Crippen MR) is 71.5 cm³/mol. The van der Waals surface area contributed by atoms with E-state index in [0.717, 1.165) is 25.9 Å². The number of rotatable bonds is 4. The van der Waals surface area contributed by atoms with Crippen molar-refractivity contribution < 1.29 is 14.3 Å². The van der Waals surface area contributed by atoms with Crippen LogP contribution in [0, 0.1) is 5.92 Å². The fourth-order valence-electron chi connectivity index (χ4n) is 2.90. The van der Waals surface area contributed by atoms with E-state index in [-0.39, 0.29) is 11.9 Å². The van der Waals surface area contributed by atoms with E-state index < -0.39 is 0 Å². The van der Waals surface area contributed by atoms with Crippen molar-refractivity contribution in [2.75, 3.05) is 26.2 Å². The smallest absolute Gasteiger partial charge is 0.334 e. The van der Waals surface area contributed by atoms with Crippen molar-refractivity contribution in [3.8, 4) is 0 Å². The number of carbonyl (C=O) groups is 2. The summed E-state index contributed by atoms with van der Waals surface area (Å²) in [6.07, 6.45) is 2.51. The Morgan fingerprint density at radius 1 is 1.53 bits per heavy atom. The van der Waals surface area contributed by atoms with Gasteiger partial charge in [-0.1, -0.05) is 6.58 Å². The molecule has 2 saturated heterocycles. The maximum atomic E-state index is 11.5. The van der Waals surface area contributed by atoms with Gasteiger partial charge in [0, 0.05) is 37.7 Å². The first-order chi connectivity index (χ1) is 9.10. The number of hydrogen-bond donors (Lipinski definition) is 1.